The van der Waals surface area contributed by atoms with Gasteiger partial charge in [0.1, 0.15) is 11.6 Å². The van der Waals surface area contributed by atoms with Crippen LogP contribution in [-0.2, 0) is 11.2 Å². The third kappa shape index (κ3) is 3.09. The Labute approximate surface area is 131 Å². The molecular weight excluding hydrogens is 280 g/mol. The third-order valence-electron chi connectivity index (χ3n) is 4.44. The molecule has 0 radical (unpaired) electrons. The number of aryl methyl sites for hydroxylation is 1. The van der Waals surface area contributed by atoms with Gasteiger partial charge in [0.25, 0.3) is 0 Å². The predicted molar refractivity (Wildman–Crippen MR) is 84.0 cm³/mol. The normalized spacial score (nSPS) is 24.2. The summed E-state index contributed by atoms with van der Waals surface area (Å²) in [6.07, 6.45) is 4.98. The first-order chi connectivity index (χ1) is 10.5. The van der Waals surface area contributed by atoms with Crippen molar-refractivity contribution in [1.29, 1.82) is 0 Å². The van der Waals surface area contributed by atoms with Gasteiger partial charge in [0.05, 0.1) is 18.9 Å². The van der Waals surface area contributed by atoms with Crippen LogP contribution in [0.4, 0.5) is 5.82 Å². The van der Waals surface area contributed by atoms with Crippen molar-refractivity contribution in [3.8, 4) is 5.75 Å². The number of anilines is 1. The number of carbonyl (C=O) groups is 1. The van der Waals surface area contributed by atoms with E-state index in [-0.39, 0.29) is 18.1 Å². The summed E-state index contributed by atoms with van der Waals surface area (Å²) in [6, 6.07) is 2.11. The standard InChI is InChI=1S/C17H24N2O3/c1-11(2)5-6-22-15-7-12-3-4-16(21)19(17(12)18-10-15)13-8-14(20)9-13/h7,10-11,13-14,20H,3-6,8-9H2,1-2H3. The van der Waals surface area contributed by atoms with Crippen LogP contribution in [0.5, 0.6) is 5.75 Å². The fourth-order valence-corrected chi connectivity index (χ4v) is 3.00. The Bertz CT molecular complexity index is 553. The third-order valence-corrected chi connectivity index (χ3v) is 4.44. The molecule has 0 saturated heterocycles. The zero-order valence-corrected chi connectivity index (χ0v) is 13.3. The van der Waals surface area contributed by atoms with Crippen molar-refractivity contribution in [1.82, 2.24) is 4.98 Å². The van der Waals surface area contributed by atoms with E-state index < -0.39 is 0 Å². The van der Waals surface area contributed by atoms with Crippen LogP contribution < -0.4 is 9.64 Å². The fraction of sp³-hybridized carbons (Fsp3) is 0.647. The zero-order valence-electron chi connectivity index (χ0n) is 13.3. The molecule has 1 aliphatic heterocycles. The van der Waals surface area contributed by atoms with Crippen molar-refractivity contribution in [3.05, 3.63) is 17.8 Å². The quantitative estimate of drug-likeness (QED) is 0.906. The van der Waals surface area contributed by atoms with Crippen molar-refractivity contribution >= 4 is 11.7 Å². The van der Waals surface area contributed by atoms with Gasteiger partial charge in [-0.2, -0.15) is 0 Å². The predicted octanol–water partition coefficient (Wildman–Crippen LogP) is 2.31. The molecule has 5 heteroatoms. The summed E-state index contributed by atoms with van der Waals surface area (Å²) in [7, 11) is 0. The smallest absolute Gasteiger partial charge is 0.228 e. The first kappa shape index (κ1) is 15.3. The maximum absolute atomic E-state index is 12.2. The lowest BCUT2D eigenvalue weighted by molar-refractivity contribution is -0.120. The number of aliphatic hydroxyl groups is 1. The van der Waals surface area contributed by atoms with Gasteiger partial charge in [0, 0.05) is 12.5 Å². The Kier molecular flexibility index (Phi) is 4.34. The van der Waals surface area contributed by atoms with Crippen LogP contribution in [0.15, 0.2) is 12.3 Å². The van der Waals surface area contributed by atoms with E-state index >= 15 is 0 Å². The molecule has 1 aliphatic carbocycles. The lowest BCUT2D eigenvalue weighted by Gasteiger charge is -2.42. The molecule has 0 bridgehead atoms. The molecule has 1 amide bonds. The Balaban J connectivity index is 1.73. The number of aliphatic hydroxyl groups excluding tert-OH is 1. The largest absolute Gasteiger partial charge is 0.492 e. The molecular formula is C17H24N2O3. The van der Waals surface area contributed by atoms with E-state index in [0.717, 1.165) is 23.6 Å². The van der Waals surface area contributed by atoms with Crippen molar-refractivity contribution in [2.75, 3.05) is 11.5 Å². The van der Waals surface area contributed by atoms with E-state index in [2.05, 4.69) is 18.8 Å². The van der Waals surface area contributed by atoms with Crippen LogP contribution in [-0.4, -0.2) is 34.8 Å². The van der Waals surface area contributed by atoms with Gasteiger partial charge in [-0.3, -0.25) is 9.69 Å². The first-order valence-corrected chi connectivity index (χ1v) is 8.16. The van der Waals surface area contributed by atoms with Crippen molar-refractivity contribution in [2.24, 2.45) is 5.92 Å². The Morgan fingerprint density at radius 3 is 2.86 bits per heavy atom. The average molecular weight is 304 g/mol. The summed E-state index contributed by atoms with van der Waals surface area (Å²) >= 11 is 0. The minimum atomic E-state index is -0.276. The summed E-state index contributed by atoms with van der Waals surface area (Å²) < 4.78 is 5.76. The van der Waals surface area contributed by atoms with E-state index in [1.54, 1.807) is 11.1 Å². The SMILES string of the molecule is CC(C)CCOc1cnc2c(c1)CCC(=O)N2C1CC(O)C1. The van der Waals surface area contributed by atoms with Crippen LogP contribution in [0.1, 0.15) is 45.1 Å². The molecule has 1 aromatic rings. The van der Waals surface area contributed by atoms with E-state index in [1.165, 1.54) is 0 Å². The van der Waals surface area contributed by atoms with E-state index in [4.69, 9.17) is 4.74 Å². The van der Waals surface area contributed by atoms with Crippen molar-refractivity contribution in [2.45, 2.75) is 58.1 Å². The van der Waals surface area contributed by atoms with Crippen LogP contribution in [0.3, 0.4) is 0 Å². The highest BCUT2D eigenvalue weighted by molar-refractivity contribution is 5.96. The van der Waals surface area contributed by atoms with Crippen LogP contribution >= 0.6 is 0 Å². The molecule has 0 unspecified atom stereocenters. The second-order valence-corrected chi connectivity index (χ2v) is 6.73. The number of rotatable bonds is 5. The lowest BCUT2D eigenvalue weighted by Crippen LogP contribution is -2.52. The monoisotopic (exact) mass is 304 g/mol. The topological polar surface area (TPSA) is 62.7 Å². The number of carbonyl (C=O) groups excluding carboxylic acids is 1. The van der Waals surface area contributed by atoms with Crippen LogP contribution in [0, 0.1) is 5.92 Å². The number of hydrogen-bond donors (Lipinski definition) is 1. The molecule has 0 spiro atoms. The van der Waals surface area contributed by atoms with Crippen molar-refractivity contribution in [3.63, 3.8) is 0 Å². The number of aromatic nitrogens is 1. The minimum Gasteiger partial charge on any atom is -0.492 e. The zero-order chi connectivity index (χ0) is 15.7. The molecule has 22 heavy (non-hydrogen) atoms. The molecule has 1 aromatic heterocycles. The maximum atomic E-state index is 12.2. The number of fused-ring (bicyclic) bond motifs is 1. The van der Waals surface area contributed by atoms with Crippen LogP contribution in [0.2, 0.25) is 0 Å². The molecule has 1 N–H and O–H groups in total. The molecule has 0 atom stereocenters. The molecule has 2 heterocycles. The van der Waals surface area contributed by atoms with Gasteiger partial charge >= 0.3 is 0 Å². The lowest BCUT2D eigenvalue weighted by atomic mass is 9.86. The maximum Gasteiger partial charge on any atom is 0.228 e. The van der Waals surface area contributed by atoms with E-state index in [0.29, 0.717) is 38.2 Å². The molecule has 3 rings (SSSR count). The van der Waals surface area contributed by atoms with E-state index in [1.807, 2.05) is 6.07 Å². The van der Waals surface area contributed by atoms with Gasteiger partial charge in [-0.1, -0.05) is 13.8 Å². The minimum absolute atomic E-state index is 0.0989. The van der Waals surface area contributed by atoms with E-state index in [9.17, 15) is 9.90 Å². The number of hydrogen-bond acceptors (Lipinski definition) is 4. The molecule has 120 valence electrons. The number of nitrogens with zero attached hydrogens (tertiary/aromatic N) is 2. The summed E-state index contributed by atoms with van der Waals surface area (Å²) in [6.45, 7) is 5.03. The van der Waals surface area contributed by atoms with Gasteiger partial charge < -0.3 is 9.84 Å². The van der Waals surface area contributed by atoms with Gasteiger partial charge in [0.2, 0.25) is 5.91 Å². The summed E-state index contributed by atoms with van der Waals surface area (Å²) in [5.41, 5.74) is 1.07. The molecule has 1 fully saturated rings. The molecule has 5 nitrogen and oxygen atoms in total. The Morgan fingerprint density at radius 2 is 2.18 bits per heavy atom. The number of amides is 1. The molecule has 2 aliphatic rings. The average Bonchev–Trinajstić information content (AvgIpc) is 2.44. The highest BCUT2D eigenvalue weighted by atomic mass is 16.5. The van der Waals surface area contributed by atoms with Gasteiger partial charge in [-0.15, -0.1) is 0 Å². The summed E-state index contributed by atoms with van der Waals surface area (Å²) in [5.74, 6) is 2.26. The molecule has 0 aromatic carbocycles. The summed E-state index contributed by atoms with van der Waals surface area (Å²) in [4.78, 5) is 18.5. The van der Waals surface area contributed by atoms with Gasteiger partial charge in [-0.05, 0) is 43.2 Å². The summed E-state index contributed by atoms with van der Waals surface area (Å²) in [5, 5.41) is 9.49. The highest BCUT2D eigenvalue weighted by Gasteiger charge is 2.39. The highest BCUT2D eigenvalue weighted by Crippen LogP contribution is 2.35. The van der Waals surface area contributed by atoms with Crippen molar-refractivity contribution < 1.29 is 14.6 Å². The van der Waals surface area contributed by atoms with Gasteiger partial charge in [0.15, 0.2) is 0 Å². The second kappa shape index (κ2) is 6.24. The van der Waals surface area contributed by atoms with Gasteiger partial charge in [-0.25, -0.2) is 4.98 Å². The fourth-order valence-electron chi connectivity index (χ4n) is 3.00. The van der Waals surface area contributed by atoms with Crippen LogP contribution in [0.25, 0.3) is 0 Å². The first-order valence-electron chi connectivity index (χ1n) is 8.16. The number of ether oxygens (including phenoxy) is 1. The second-order valence-electron chi connectivity index (χ2n) is 6.73. The molecule has 1 saturated carbocycles. The number of pyridine rings is 1. The Morgan fingerprint density at radius 1 is 1.41 bits per heavy atom. The Hall–Kier alpha value is -1.62.